The first-order valence-electron chi connectivity index (χ1n) is 10.4. The average molecular weight is 440 g/mol. The van der Waals surface area contributed by atoms with Gasteiger partial charge in [0.25, 0.3) is 0 Å². The highest BCUT2D eigenvalue weighted by Crippen LogP contribution is 2.49. The molecule has 0 saturated heterocycles. The predicted octanol–water partition coefficient (Wildman–Crippen LogP) is 5.12. The SMILES string of the molecule is O=C([C@H]1C[C@@H]1c1cc(Cl)cc(Cl)c1)N1CCc2c(ncn2CCc2ccccc2)C1. The number of imidazole rings is 1. The molecule has 0 bridgehead atoms. The predicted molar refractivity (Wildman–Crippen MR) is 119 cm³/mol. The third-order valence-electron chi connectivity index (χ3n) is 6.21. The first kappa shape index (κ1) is 19.7. The Morgan fingerprint density at radius 2 is 1.87 bits per heavy atom. The molecule has 0 unspecified atom stereocenters. The van der Waals surface area contributed by atoms with Gasteiger partial charge in [-0.2, -0.15) is 0 Å². The lowest BCUT2D eigenvalue weighted by Crippen LogP contribution is -2.37. The molecule has 6 heteroatoms. The van der Waals surface area contributed by atoms with Crippen LogP contribution >= 0.6 is 23.2 Å². The second-order valence-electron chi connectivity index (χ2n) is 8.23. The Balaban J connectivity index is 1.22. The van der Waals surface area contributed by atoms with E-state index in [4.69, 9.17) is 23.2 Å². The maximum Gasteiger partial charge on any atom is 0.226 e. The Kier molecular flexibility index (Phi) is 5.30. The Morgan fingerprint density at radius 1 is 1.10 bits per heavy atom. The Morgan fingerprint density at radius 3 is 2.63 bits per heavy atom. The third-order valence-corrected chi connectivity index (χ3v) is 6.64. The van der Waals surface area contributed by atoms with Crippen LogP contribution in [0, 0.1) is 5.92 Å². The van der Waals surface area contributed by atoms with E-state index in [0.29, 0.717) is 16.6 Å². The number of amides is 1. The van der Waals surface area contributed by atoms with Crippen LogP contribution in [0.15, 0.2) is 54.9 Å². The van der Waals surface area contributed by atoms with E-state index < -0.39 is 0 Å². The van der Waals surface area contributed by atoms with Crippen LogP contribution in [0.4, 0.5) is 0 Å². The minimum absolute atomic E-state index is 0.0289. The van der Waals surface area contributed by atoms with Gasteiger partial charge in [-0.05, 0) is 48.1 Å². The van der Waals surface area contributed by atoms with E-state index in [0.717, 1.165) is 43.6 Å². The van der Waals surface area contributed by atoms with Crippen LogP contribution in [0.3, 0.4) is 0 Å². The second kappa shape index (κ2) is 8.09. The first-order chi connectivity index (χ1) is 14.6. The Bertz CT molecular complexity index is 1060. The monoisotopic (exact) mass is 439 g/mol. The van der Waals surface area contributed by atoms with Crippen LogP contribution in [0.5, 0.6) is 0 Å². The highest BCUT2D eigenvalue weighted by atomic mass is 35.5. The summed E-state index contributed by atoms with van der Waals surface area (Å²) in [5, 5.41) is 1.25. The lowest BCUT2D eigenvalue weighted by molar-refractivity contribution is -0.133. The second-order valence-corrected chi connectivity index (χ2v) is 9.10. The summed E-state index contributed by atoms with van der Waals surface area (Å²) in [6, 6.07) is 16.1. The van der Waals surface area contributed by atoms with E-state index in [1.807, 2.05) is 29.4 Å². The number of benzene rings is 2. The molecule has 1 aliphatic heterocycles. The number of aryl methyl sites for hydroxylation is 2. The standard InChI is InChI=1S/C24H23Cl2N3O/c25-18-10-17(11-19(26)12-18)20-13-21(20)24(30)28-9-7-23-22(14-28)27-15-29(23)8-6-16-4-2-1-3-5-16/h1-5,10-12,15,20-21H,6-9,13-14H2/t20-,21+/m1/s1. The summed E-state index contributed by atoms with van der Waals surface area (Å²) in [5.74, 6) is 0.473. The lowest BCUT2D eigenvalue weighted by Gasteiger charge is -2.27. The van der Waals surface area contributed by atoms with E-state index in [-0.39, 0.29) is 17.7 Å². The van der Waals surface area contributed by atoms with E-state index in [2.05, 4.69) is 33.8 Å². The highest BCUT2D eigenvalue weighted by molar-refractivity contribution is 6.34. The molecule has 5 rings (SSSR count). The van der Waals surface area contributed by atoms with Crippen molar-refractivity contribution in [2.45, 2.75) is 38.3 Å². The van der Waals surface area contributed by atoms with E-state index in [9.17, 15) is 4.79 Å². The van der Waals surface area contributed by atoms with Gasteiger partial charge in [-0.1, -0.05) is 53.5 Å². The summed E-state index contributed by atoms with van der Waals surface area (Å²) >= 11 is 12.3. The molecule has 0 radical (unpaired) electrons. The summed E-state index contributed by atoms with van der Waals surface area (Å²) in [6.45, 7) is 2.27. The number of halogens is 2. The molecule has 4 nitrogen and oxygen atoms in total. The van der Waals surface area contributed by atoms with Gasteiger partial charge < -0.3 is 9.47 Å². The maximum absolute atomic E-state index is 13.1. The number of nitrogens with zero attached hydrogens (tertiary/aromatic N) is 3. The van der Waals surface area contributed by atoms with Gasteiger partial charge in [0, 0.05) is 41.2 Å². The van der Waals surface area contributed by atoms with Crippen molar-refractivity contribution in [3.8, 4) is 0 Å². The quantitative estimate of drug-likeness (QED) is 0.552. The van der Waals surface area contributed by atoms with Crippen LogP contribution < -0.4 is 0 Å². The molecule has 30 heavy (non-hydrogen) atoms. The number of rotatable bonds is 5. The van der Waals surface area contributed by atoms with Crippen molar-refractivity contribution in [1.82, 2.24) is 14.5 Å². The van der Waals surface area contributed by atoms with Gasteiger partial charge in [0.2, 0.25) is 5.91 Å². The Hall–Kier alpha value is -2.30. The number of hydrogen-bond acceptors (Lipinski definition) is 2. The molecule has 154 valence electrons. The largest absolute Gasteiger partial charge is 0.336 e. The first-order valence-corrected chi connectivity index (χ1v) is 11.2. The van der Waals surface area contributed by atoms with Crippen molar-refractivity contribution in [3.63, 3.8) is 0 Å². The third kappa shape index (κ3) is 3.99. The number of carbonyl (C=O) groups excluding carboxylic acids is 1. The van der Waals surface area contributed by atoms with E-state index in [1.54, 1.807) is 6.07 Å². The average Bonchev–Trinajstić information content (AvgIpc) is 3.45. The number of carbonyl (C=O) groups is 1. The lowest BCUT2D eigenvalue weighted by atomic mass is 10.1. The van der Waals surface area contributed by atoms with Crippen LogP contribution in [0.2, 0.25) is 10.0 Å². The van der Waals surface area contributed by atoms with Crippen molar-refractivity contribution in [3.05, 3.63) is 87.4 Å². The van der Waals surface area contributed by atoms with Crippen molar-refractivity contribution in [2.75, 3.05) is 6.54 Å². The summed E-state index contributed by atoms with van der Waals surface area (Å²) in [4.78, 5) is 19.6. The zero-order valence-corrected chi connectivity index (χ0v) is 18.1. The van der Waals surface area contributed by atoms with Crippen molar-refractivity contribution >= 4 is 29.1 Å². The molecule has 2 heterocycles. The Labute approximate surface area is 186 Å². The summed E-state index contributed by atoms with van der Waals surface area (Å²) in [6.07, 6.45) is 4.63. The number of hydrogen-bond donors (Lipinski definition) is 0. The molecule has 2 atom stereocenters. The molecular formula is C24H23Cl2N3O. The van der Waals surface area contributed by atoms with Gasteiger partial charge in [0.05, 0.1) is 18.6 Å². The summed E-state index contributed by atoms with van der Waals surface area (Å²) < 4.78 is 2.25. The molecule has 0 spiro atoms. The maximum atomic E-state index is 13.1. The van der Waals surface area contributed by atoms with Crippen molar-refractivity contribution in [2.24, 2.45) is 5.92 Å². The number of aromatic nitrogens is 2. The van der Waals surface area contributed by atoms with Gasteiger partial charge in [-0.15, -0.1) is 0 Å². The van der Waals surface area contributed by atoms with Crippen molar-refractivity contribution < 1.29 is 4.79 Å². The highest BCUT2D eigenvalue weighted by Gasteiger charge is 2.46. The van der Waals surface area contributed by atoms with Gasteiger partial charge in [0.1, 0.15) is 0 Å². The normalized spacial score (nSPS) is 20.1. The topological polar surface area (TPSA) is 38.1 Å². The van der Waals surface area contributed by atoms with Crippen LogP contribution in [-0.2, 0) is 30.7 Å². The zero-order chi connectivity index (χ0) is 20.7. The molecular weight excluding hydrogens is 417 g/mol. The molecule has 2 aliphatic rings. The smallest absolute Gasteiger partial charge is 0.226 e. The van der Waals surface area contributed by atoms with Crippen LogP contribution in [0.25, 0.3) is 0 Å². The fourth-order valence-electron chi connectivity index (χ4n) is 4.51. The van der Waals surface area contributed by atoms with Crippen LogP contribution in [-0.4, -0.2) is 26.9 Å². The minimum atomic E-state index is 0.0289. The van der Waals surface area contributed by atoms with E-state index >= 15 is 0 Å². The molecule has 2 aromatic carbocycles. The molecule has 1 saturated carbocycles. The van der Waals surface area contributed by atoms with Gasteiger partial charge in [-0.25, -0.2) is 4.98 Å². The summed E-state index contributed by atoms with van der Waals surface area (Å²) in [5.41, 5.74) is 4.69. The van der Waals surface area contributed by atoms with Gasteiger partial charge >= 0.3 is 0 Å². The van der Waals surface area contributed by atoms with Gasteiger partial charge in [0.15, 0.2) is 0 Å². The van der Waals surface area contributed by atoms with Gasteiger partial charge in [-0.3, -0.25) is 4.79 Å². The molecule has 1 amide bonds. The summed E-state index contributed by atoms with van der Waals surface area (Å²) in [7, 11) is 0. The fraction of sp³-hybridized carbons (Fsp3) is 0.333. The minimum Gasteiger partial charge on any atom is -0.336 e. The molecule has 0 N–H and O–H groups in total. The molecule has 3 aromatic rings. The molecule has 1 aromatic heterocycles. The van der Waals surface area contributed by atoms with Crippen LogP contribution in [0.1, 0.15) is 34.9 Å². The van der Waals surface area contributed by atoms with Crippen molar-refractivity contribution in [1.29, 1.82) is 0 Å². The fourth-order valence-corrected chi connectivity index (χ4v) is 5.05. The zero-order valence-electron chi connectivity index (χ0n) is 16.6. The molecule has 1 fully saturated rings. The molecule has 1 aliphatic carbocycles. The van der Waals surface area contributed by atoms with E-state index in [1.165, 1.54) is 11.3 Å². The number of fused-ring (bicyclic) bond motifs is 1.